The fourth-order valence-electron chi connectivity index (χ4n) is 2.26. The van der Waals surface area contributed by atoms with Crippen LogP contribution in [0.1, 0.15) is 30.6 Å². The summed E-state index contributed by atoms with van der Waals surface area (Å²) < 4.78 is 11.4. The van der Waals surface area contributed by atoms with Gasteiger partial charge in [0.15, 0.2) is 0 Å². The second-order valence-corrected chi connectivity index (χ2v) is 5.25. The molecule has 1 aliphatic heterocycles. The zero-order valence-corrected chi connectivity index (χ0v) is 11.3. The van der Waals surface area contributed by atoms with Crippen molar-refractivity contribution in [2.24, 2.45) is 11.7 Å². The molecule has 2 N–H and O–H groups in total. The summed E-state index contributed by atoms with van der Waals surface area (Å²) >= 11 is 0. The topological polar surface area (TPSA) is 44.5 Å². The molecule has 3 unspecified atom stereocenters. The molecule has 100 valence electrons. The van der Waals surface area contributed by atoms with Crippen molar-refractivity contribution < 1.29 is 9.47 Å². The van der Waals surface area contributed by atoms with Crippen molar-refractivity contribution in [3.63, 3.8) is 0 Å². The molecule has 0 aliphatic carbocycles. The van der Waals surface area contributed by atoms with Gasteiger partial charge in [-0.2, -0.15) is 0 Å². The molecule has 1 aliphatic rings. The quantitative estimate of drug-likeness (QED) is 0.871. The van der Waals surface area contributed by atoms with Gasteiger partial charge in [0.1, 0.15) is 0 Å². The maximum Gasteiger partial charge on any atom is 0.0973 e. The molecule has 1 aromatic carbocycles. The highest BCUT2D eigenvalue weighted by Gasteiger charge is 2.21. The minimum Gasteiger partial charge on any atom is -0.381 e. The van der Waals surface area contributed by atoms with Gasteiger partial charge in [0.05, 0.1) is 19.3 Å². The summed E-state index contributed by atoms with van der Waals surface area (Å²) in [4.78, 5) is 0. The molecule has 1 heterocycles. The first-order valence-electron chi connectivity index (χ1n) is 6.68. The minimum absolute atomic E-state index is 0.00460. The molecule has 0 aromatic heterocycles. The molecule has 0 radical (unpaired) electrons. The molecule has 0 spiro atoms. The fraction of sp³-hybridized carbons (Fsp3) is 0.600. The molecule has 18 heavy (non-hydrogen) atoms. The van der Waals surface area contributed by atoms with Crippen LogP contribution in [0.5, 0.6) is 0 Å². The van der Waals surface area contributed by atoms with Crippen molar-refractivity contribution in [2.45, 2.75) is 32.4 Å². The standard InChI is InChI=1S/C15H23NO2/c1-11-3-5-14(6-4-11)15(12(2)16)18-10-13-7-8-17-9-13/h3-6,12-13,15H,7-10,16H2,1-2H3. The van der Waals surface area contributed by atoms with Crippen LogP contribution in [0, 0.1) is 12.8 Å². The van der Waals surface area contributed by atoms with Crippen molar-refractivity contribution in [3.05, 3.63) is 35.4 Å². The van der Waals surface area contributed by atoms with Gasteiger partial charge >= 0.3 is 0 Å². The van der Waals surface area contributed by atoms with Crippen LogP contribution in [0.15, 0.2) is 24.3 Å². The van der Waals surface area contributed by atoms with Crippen molar-refractivity contribution in [1.29, 1.82) is 0 Å². The average molecular weight is 249 g/mol. The molecule has 3 heteroatoms. The third-order valence-electron chi connectivity index (χ3n) is 3.42. The average Bonchev–Trinajstić information content (AvgIpc) is 2.84. The van der Waals surface area contributed by atoms with Crippen LogP contribution in [-0.2, 0) is 9.47 Å². The summed E-state index contributed by atoms with van der Waals surface area (Å²) in [6.07, 6.45) is 1.07. The highest BCUT2D eigenvalue weighted by Crippen LogP contribution is 2.23. The summed E-state index contributed by atoms with van der Waals surface area (Å²) in [6.45, 7) is 6.50. The predicted octanol–water partition coefficient (Wildman–Crippen LogP) is 2.44. The van der Waals surface area contributed by atoms with Crippen LogP contribution in [-0.4, -0.2) is 25.9 Å². The van der Waals surface area contributed by atoms with Crippen LogP contribution < -0.4 is 5.73 Å². The van der Waals surface area contributed by atoms with Crippen LogP contribution in [0.3, 0.4) is 0 Å². The van der Waals surface area contributed by atoms with E-state index in [1.807, 2.05) is 6.92 Å². The Kier molecular flexibility index (Phi) is 4.75. The molecule has 0 saturated carbocycles. The largest absolute Gasteiger partial charge is 0.381 e. The lowest BCUT2D eigenvalue weighted by Gasteiger charge is -2.23. The first-order valence-corrected chi connectivity index (χ1v) is 6.68. The third-order valence-corrected chi connectivity index (χ3v) is 3.42. The molecular formula is C15H23NO2. The summed E-state index contributed by atoms with van der Waals surface area (Å²) in [7, 11) is 0. The number of benzene rings is 1. The Hall–Kier alpha value is -0.900. The van der Waals surface area contributed by atoms with Crippen molar-refractivity contribution >= 4 is 0 Å². The van der Waals surface area contributed by atoms with E-state index in [-0.39, 0.29) is 12.1 Å². The van der Waals surface area contributed by atoms with E-state index >= 15 is 0 Å². The highest BCUT2D eigenvalue weighted by molar-refractivity contribution is 5.24. The van der Waals surface area contributed by atoms with E-state index in [0.717, 1.165) is 31.8 Å². The number of rotatable bonds is 5. The van der Waals surface area contributed by atoms with Crippen molar-refractivity contribution in [1.82, 2.24) is 0 Å². The van der Waals surface area contributed by atoms with E-state index in [9.17, 15) is 0 Å². The third kappa shape index (κ3) is 3.55. The second-order valence-electron chi connectivity index (χ2n) is 5.25. The lowest BCUT2D eigenvalue weighted by molar-refractivity contribution is 0.0134. The molecule has 1 saturated heterocycles. The number of nitrogens with two attached hydrogens (primary N) is 1. The van der Waals surface area contributed by atoms with Crippen LogP contribution in [0.25, 0.3) is 0 Å². The zero-order valence-electron chi connectivity index (χ0n) is 11.3. The maximum atomic E-state index is 6.04. The summed E-state index contributed by atoms with van der Waals surface area (Å²) in [6, 6.07) is 8.41. The van der Waals surface area contributed by atoms with E-state index in [1.54, 1.807) is 0 Å². The first kappa shape index (κ1) is 13.5. The van der Waals surface area contributed by atoms with Gasteiger partial charge in [-0.3, -0.25) is 0 Å². The SMILES string of the molecule is Cc1ccc(C(OCC2CCOC2)C(C)N)cc1. The number of aryl methyl sites for hydroxylation is 1. The van der Waals surface area contributed by atoms with Crippen molar-refractivity contribution in [3.8, 4) is 0 Å². The monoisotopic (exact) mass is 249 g/mol. The van der Waals surface area contributed by atoms with Gasteiger partial charge in [-0.25, -0.2) is 0 Å². The number of ether oxygens (including phenoxy) is 2. The van der Waals surface area contributed by atoms with Crippen LogP contribution in [0.2, 0.25) is 0 Å². The van der Waals surface area contributed by atoms with Gasteiger partial charge in [0, 0.05) is 18.6 Å². The lowest BCUT2D eigenvalue weighted by atomic mass is 10.0. The van der Waals surface area contributed by atoms with E-state index in [0.29, 0.717) is 5.92 Å². The molecule has 2 rings (SSSR count). The predicted molar refractivity (Wildman–Crippen MR) is 72.4 cm³/mol. The molecule has 0 bridgehead atoms. The number of hydrogen-bond acceptors (Lipinski definition) is 3. The fourth-order valence-corrected chi connectivity index (χ4v) is 2.26. The second kappa shape index (κ2) is 6.32. The summed E-state index contributed by atoms with van der Waals surface area (Å²) in [5, 5.41) is 0. The Morgan fingerprint density at radius 3 is 2.67 bits per heavy atom. The zero-order chi connectivity index (χ0) is 13.0. The molecule has 3 nitrogen and oxygen atoms in total. The normalized spacial score (nSPS) is 22.9. The molecule has 1 fully saturated rings. The van der Waals surface area contributed by atoms with Gasteiger partial charge in [0.2, 0.25) is 0 Å². The highest BCUT2D eigenvalue weighted by atomic mass is 16.5. The molecular weight excluding hydrogens is 226 g/mol. The Balaban J connectivity index is 1.96. The molecule has 0 amide bonds. The van der Waals surface area contributed by atoms with E-state index in [4.69, 9.17) is 15.2 Å². The first-order chi connectivity index (χ1) is 8.66. The number of hydrogen-bond donors (Lipinski definition) is 1. The smallest absolute Gasteiger partial charge is 0.0973 e. The van der Waals surface area contributed by atoms with E-state index in [2.05, 4.69) is 31.2 Å². The Morgan fingerprint density at radius 1 is 1.39 bits per heavy atom. The van der Waals surface area contributed by atoms with Crippen LogP contribution >= 0.6 is 0 Å². The maximum absolute atomic E-state index is 6.04. The summed E-state index contributed by atoms with van der Waals surface area (Å²) in [5.41, 5.74) is 8.45. The summed E-state index contributed by atoms with van der Waals surface area (Å²) in [5.74, 6) is 0.525. The van der Waals surface area contributed by atoms with Gasteiger partial charge in [0.25, 0.3) is 0 Å². The van der Waals surface area contributed by atoms with E-state index in [1.165, 1.54) is 5.56 Å². The molecule has 3 atom stereocenters. The Labute approximate surface area is 109 Å². The molecule has 1 aromatic rings. The Morgan fingerprint density at radius 2 is 2.11 bits per heavy atom. The Bertz CT molecular complexity index is 355. The van der Waals surface area contributed by atoms with Gasteiger partial charge in [-0.05, 0) is 25.8 Å². The van der Waals surface area contributed by atoms with E-state index < -0.39 is 0 Å². The van der Waals surface area contributed by atoms with Crippen molar-refractivity contribution in [2.75, 3.05) is 19.8 Å². The van der Waals surface area contributed by atoms with Crippen LogP contribution in [0.4, 0.5) is 0 Å². The minimum atomic E-state index is -0.0220. The van der Waals surface area contributed by atoms with Gasteiger partial charge in [-0.1, -0.05) is 29.8 Å². The van der Waals surface area contributed by atoms with Gasteiger partial charge in [-0.15, -0.1) is 0 Å². The lowest BCUT2D eigenvalue weighted by Crippen LogP contribution is -2.28. The van der Waals surface area contributed by atoms with Gasteiger partial charge < -0.3 is 15.2 Å².